The number of carbonyl (C=O) groups excluding carboxylic acids is 1. The van der Waals surface area contributed by atoms with Gasteiger partial charge in [0.15, 0.2) is 5.69 Å². The first kappa shape index (κ1) is 16.7. The average molecular weight is 338 g/mol. The number of ether oxygens (including phenoxy) is 1. The summed E-state index contributed by atoms with van der Waals surface area (Å²) in [7, 11) is 1.56. The molecule has 0 saturated heterocycles. The number of aliphatic hydroxyl groups excluding tert-OH is 1. The van der Waals surface area contributed by atoms with Crippen molar-refractivity contribution in [2.75, 3.05) is 12.4 Å². The van der Waals surface area contributed by atoms with Gasteiger partial charge in [0, 0.05) is 11.8 Å². The third kappa shape index (κ3) is 4.21. The number of aliphatic hydroxyl groups is 1. The highest BCUT2D eigenvalue weighted by Crippen LogP contribution is 2.17. The van der Waals surface area contributed by atoms with Gasteiger partial charge in [-0.15, -0.1) is 5.10 Å². The summed E-state index contributed by atoms with van der Waals surface area (Å²) in [6, 6.07) is 16.3. The summed E-state index contributed by atoms with van der Waals surface area (Å²) in [6.07, 6.45) is 0.777. The van der Waals surface area contributed by atoms with E-state index in [1.54, 1.807) is 31.4 Å². The Labute approximate surface area is 144 Å². The minimum atomic E-state index is -0.725. The van der Waals surface area contributed by atoms with Crippen molar-refractivity contribution in [1.82, 2.24) is 15.0 Å². The van der Waals surface area contributed by atoms with Crippen LogP contribution in [0.2, 0.25) is 0 Å². The number of rotatable bonds is 6. The number of hydrogen-bond donors (Lipinski definition) is 2. The van der Waals surface area contributed by atoms with Gasteiger partial charge in [0.05, 0.1) is 26.0 Å². The number of carbonyl (C=O) groups is 1. The largest absolute Gasteiger partial charge is 0.497 e. The SMILES string of the molecule is COc1cccc(NC(=O)c2cn(CC(O)c3ccccc3)nn2)c1. The quantitative estimate of drug-likeness (QED) is 0.720. The molecule has 1 amide bonds. The molecule has 0 aliphatic rings. The van der Waals surface area contributed by atoms with E-state index in [1.165, 1.54) is 10.9 Å². The molecule has 1 aromatic heterocycles. The Morgan fingerprint density at radius 2 is 2.04 bits per heavy atom. The lowest BCUT2D eigenvalue weighted by molar-refractivity contribution is 0.102. The number of benzene rings is 2. The fourth-order valence-corrected chi connectivity index (χ4v) is 2.35. The van der Waals surface area contributed by atoms with E-state index in [-0.39, 0.29) is 18.1 Å². The molecule has 0 radical (unpaired) electrons. The molecule has 3 rings (SSSR count). The molecule has 25 heavy (non-hydrogen) atoms. The van der Waals surface area contributed by atoms with Gasteiger partial charge in [0.2, 0.25) is 0 Å². The summed E-state index contributed by atoms with van der Waals surface area (Å²) in [5, 5.41) is 20.7. The molecule has 1 heterocycles. The lowest BCUT2D eigenvalue weighted by Crippen LogP contribution is -2.12. The highest BCUT2D eigenvalue weighted by Gasteiger charge is 2.14. The summed E-state index contributed by atoms with van der Waals surface area (Å²) < 4.78 is 6.56. The maximum atomic E-state index is 12.3. The Kier molecular flexibility index (Phi) is 5.06. The van der Waals surface area contributed by atoms with Crippen molar-refractivity contribution in [1.29, 1.82) is 0 Å². The molecule has 0 aliphatic heterocycles. The van der Waals surface area contributed by atoms with Gasteiger partial charge in [-0.25, -0.2) is 4.68 Å². The van der Waals surface area contributed by atoms with E-state index in [0.717, 1.165) is 5.56 Å². The molecule has 0 saturated carbocycles. The summed E-state index contributed by atoms with van der Waals surface area (Å²) in [5.74, 6) is 0.265. The van der Waals surface area contributed by atoms with Crippen molar-refractivity contribution in [2.24, 2.45) is 0 Å². The van der Waals surface area contributed by atoms with Gasteiger partial charge in [-0.3, -0.25) is 4.79 Å². The van der Waals surface area contributed by atoms with E-state index >= 15 is 0 Å². The van der Waals surface area contributed by atoms with Crippen molar-refractivity contribution in [3.63, 3.8) is 0 Å². The first-order valence-corrected chi connectivity index (χ1v) is 7.74. The maximum absolute atomic E-state index is 12.3. The standard InChI is InChI=1S/C18H18N4O3/c1-25-15-9-5-8-14(10-15)19-18(24)16-11-22(21-20-16)12-17(23)13-6-3-2-4-7-13/h2-11,17,23H,12H2,1H3,(H,19,24). The molecule has 2 aromatic carbocycles. The van der Waals surface area contributed by atoms with Crippen LogP contribution in [0.15, 0.2) is 60.8 Å². The highest BCUT2D eigenvalue weighted by molar-refractivity contribution is 6.02. The van der Waals surface area contributed by atoms with Crippen molar-refractivity contribution >= 4 is 11.6 Å². The van der Waals surface area contributed by atoms with Crippen LogP contribution in [0.3, 0.4) is 0 Å². The molecule has 7 nitrogen and oxygen atoms in total. The number of nitrogens with zero attached hydrogens (tertiary/aromatic N) is 3. The van der Waals surface area contributed by atoms with Crippen LogP contribution in [0.25, 0.3) is 0 Å². The first-order chi connectivity index (χ1) is 12.2. The summed E-state index contributed by atoms with van der Waals surface area (Å²) in [4.78, 5) is 12.3. The van der Waals surface area contributed by atoms with Crippen LogP contribution in [0.5, 0.6) is 5.75 Å². The second-order valence-corrected chi connectivity index (χ2v) is 5.44. The molecule has 7 heteroatoms. The van der Waals surface area contributed by atoms with Crippen LogP contribution in [0.1, 0.15) is 22.2 Å². The van der Waals surface area contributed by atoms with Gasteiger partial charge < -0.3 is 15.2 Å². The third-order valence-electron chi connectivity index (χ3n) is 3.64. The third-order valence-corrected chi connectivity index (χ3v) is 3.64. The van der Waals surface area contributed by atoms with Crippen LogP contribution in [-0.4, -0.2) is 33.1 Å². The van der Waals surface area contributed by atoms with Gasteiger partial charge in [0.1, 0.15) is 5.75 Å². The van der Waals surface area contributed by atoms with E-state index in [1.807, 2.05) is 30.3 Å². The van der Waals surface area contributed by atoms with Crippen LogP contribution in [0.4, 0.5) is 5.69 Å². The zero-order valence-corrected chi connectivity index (χ0v) is 13.7. The molecule has 128 valence electrons. The minimum absolute atomic E-state index is 0.170. The van der Waals surface area contributed by atoms with Gasteiger partial charge in [-0.05, 0) is 17.7 Å². The zero-order chi connectivity index (χ0) is 17.6. The molecule has 0 spiro atoms. The molecule has 3 aromatic rings. The maximum Gasteiger partial charge on any atom is 0.277 e. The lowest BCUT2D eigenvalue weighted by atomic mass is 10.1. The molecule has 1 unspecified atom stereocenters. The Morgan fingerprint density at radius 3 is 2.80 bits per heavy atom. The second-order valence-electron chi connectivity index (χ2n) is 5.44. The first-order valence-electron chi connectivity index (χ1n) is 7.74. The van der Waals surface area contributed by atoms with Crippen LogP contribution in [-0.2, 0) is 6.54 Å². The molecular formula is C18H18N4O3. The average Bonchev–Trinajstić information content (AvgIpc) is 3.11. The Bertz CT molecular complexity index is 848. The van der Waals surface area contributed by atoms with Crippen molar-refractivity contribution < 1.29 is 14.6 Å². The Morgan fingerprint density at radius 1 is 1.24 bits per heavy atom. The van der Waals surface area contributed by atoms with E-state index in [0.29, 0.717) is 11.4 Å². The number of aromatic nitrogens is 3. The van der Waals surface area contributed by atoms with Gasteiger partial charge >= 0.3 is 0 Å². The van der Waals surface area contributed by atoms with Crippen LogP contribution >= 0.6 is 0 Å². The number of hydrogen-bond acceptors (Lipinski definition) is 5. The monoisotopic (exact) mass is 338 g/mol. The topological polar surface area (TPSA) is 89.3 Å². The number of methoxy groups -OCH3 is 1. The summed E-state index contributed by atoms with van der Waals surface area (Å²) in [5.41, 5.74) is 1.55. The van der Waals surface area contributed by atoms with E-state index < -0.39 is 6.10 Å². The van der Waals surface area contributed by atoms with E-state index in [4.69, 9.17) is 4.74 Å². The summed E-state index contributed by atoms with van der Waals surface area (Å²) >= 11 is 0. The molecule has 1 atom stereocenters. The molecule has 0 aliphatic carbocycles. The molecule has 0 bridgehead atoms. The van der Waals surface area contributed by atoms with Crippen LogP contribution < -0.4 is 10.1 Å². The highest BCUT2D eigenvalue weighted by atomic mass is 16.5. The zero-order valence-electron chi connectivity index (χ0n) is 13.7. The number of anilines is 1. The molecule has 2 N–H and O–H groups in total. The predicted molar refractivity (Wildman–Crippen MR) is 92.4 cm³/mol. The van der Waals surface area contributed by atoms with Gasteiger partial charge in [-0.2, -0.15) is 0 Å². The van der Waals surface area contributed by atoms with Crippen molar-refractivity contribution in [3.05, 3.63) is 72.1 Å². The number of nitrogens with one attached hydrogen (secondary N) is 1. The lowest BCUT2D eigenvalue weighted by Gasteiger charge is -2.09. The van der Waals surface area contributed by atoms with Gasteiger partial charge in [0.25, 0.3) is 5.91 Å². The molecule has 0 fully saturated rings. The predicted octanol–water partition coefficient (Wildman–Crippen LogP) is 2.27. The minimum Gasteiger partial charge on any atom is -0.497 e. The normalized spacial score (nSPS) is 11.8. The Hall–Kier alpha value is -3.19. The molecular weight excluding hydrogens is 320 g/mol. The van der Waals surface area contributed by atoms with Gasteiger partial charge in [-0.1, -0.05) is 41.6 Å². The second kappa shape index (κ2) is 7.59. The summed E-state index contributed by atoms with van der Waals surface area (Å²) in [6.45, 7) is 0.212. The Balaban J connectivity index is 1.65. The van der Waals surface area contributed by atoms with E-state index in [2.05, 4.69) is 15.6 Å². The fraction of sp³-hybridized carbons (Fsp3) is 0.167. The van der Waals surface area contributed by atoms with E-state index in [9.17, 15) is 9.90 Å². The smallest absolute Gasteiger partial charge is 0.277 e. The van der Waals surface area contributed by atoms with Crippen LogP contribution in [0, 0.1) is 0 Å². The van der Waals surface area contributed by atoms with Crippen molar-refractivity contribution in [3.8, 4) is 5.75 Å². The fourth-order valence-electron chi connectivity index (χ4n) is 2.35. The van der Waals surface area contributed by atoms with Crippen molar-refractivity contribution in [2.45, 2.75) is 12.6 Å². The number of amides is 1.